The molecule has 3 rings (SSSR count). The van der Waals surface area contributed by atoms with Crippen molar-refractivity contribution in [1.29, 1.82) is 0 Å². The van der Waals surface area contributed by atoms with Crippen molar-refractivity contribution in [3.8, 4) is 0 Å². The number of amides is 1. The van der Waals surface area contributed by atoms with E-state index in [1.165, 1.54) is 0 Å². The maximum absolute atomic E-state index is 12.7. The molecule has 6 atom stereocenters. The normalized spacial score (nSPS) is 31.9. The number of aryl methyl sites for hydroxylation is 1. The van der Waals surface area contributed by atoms with E-state index in [2.05, 4.69) is 36.3 Å². The molecule has 1 amide bonds. The number of carbonyl (C=O) groups excluding carboxylic acids is 2. The Morgan fingerprint density at radius 2 is 2.09 bits per heavy atom. The number of hydrogen-bond donors (Lipinski definition) is 2. The highest BCUT2D eigenvalue weighted by Crippen LogP contribution is 2.54. The van der Waals surface area contributed by atoms with Gasteiger partial charge in [0, 0.05) is 12.5 Å². The first-order valence-corrected chi connectivity index (χ1v) is 12.4. The Labute approximate surface area is 191 Å². The smallest absolute Gasteiger partial charge is 0.222 e. The molecule has 2 unspecified atom stereocenters. The summed E-state index contributed by atoms with van der Waals surface area (Å²) < 4.78 is 6.41. The monoisotopic (exact) mass is 448 g/mol. The zero-order chi connectivity index (χ0) is 23.1. The fraction of sp³-hybridized carbons (Fsp3) is 0.833. The molecule has 180 valence electrons. The Morgan fingerprint density at radius 1 is 1.31 bits per heavy atom. The van der Waals surface area contributed by atoms with Crippen molar-refractivity contribution in [2.24, 2.45) is 23.7 Å². The van der Waals surface area contributed by atoms with Gasteiger partial charge < -0.3 is 20.0 Å². The molecular weight excluding hydrogens is 408 g/mol. The molecule has 1 aliphatic heterocycles. The number of nitrogens with zero attached hydrogens (tertiary/aromatic N) is 3. The predicted octanol–water partition coefficient (Wildman–Crippen LogP) is 2.88. The number of unbranched alkanes of at least 4 members (excludes halogenated alkanes) is 3. The average Bonchev–Trinajstić information content (AvgIpc) is 3.35. The molecule has 0 radical (unpaired) electrons. The van der Waals surface area contributed by atoms with Gasteiger partial charge in [0.05, 0.1) is 31.8 Å². The van der Waals surface area contributed by atoms with E-state index in [-0.39, 0.29) is 42.8 Å². The van der Waals surface area contributed by atoms with Gasteiger partial charge in [-0.15, -0.1) is 0 Å². The van der Waals surface area contributed by atoms with Gasteiger partial charge in [-0.25, -0.2) is 0 Å². The highest BCUT2D eigenvalue weighted by atomic mass is 16.5. The van der Waals surface area contributed by atoms with Gasteiger partial charge in [0.1, 0.15) is 11.3 Å². The molecular formula is C24H40N4O4. The molecule has 2 aliphatic rings. The fourth-order valence-electron chi connectivity index (χ4n) is 5.90. The van der Waals surface area contributed by atoms with Crippen LogP contribution in [0.4, 0.5) is 0 Å². The van der Waals surface area contributed by atoms with Gasteiger partial charge in [-0.3, -0.25) is 4.79 Å². The van der Waals surface area contributed by atoms with E-state index in [9.17, 15) is 9.59 Å². The van der Waals surface area contributed by atoms with Crippen molar-refractivity contribution in [3.63, 3.8) is 0 Å². The second-order valence-corrected chi connectivity index (χ2v) is 9.71. The number of aliphatic hydroxyl groups excluding tert-OH is 1. The van der Waals surface area contributed by atoms with Gasteiger partial charge in [-0.05, 0) is 49.9 Å². The Kier molecular flexibility index (Phi) is 8.82. The van der Waals surface area contributed by atoms with E-state index in [1.54, 1.807) is 11.0 Å². The zero-order valence-electron chi connectivity index (χ0n) is 19.8. The molecule has 2 N–H and O–H groups in total. The van der Waals surface area contributed by atoms with Crippen LogP contribution in [-0.4, -0.2) is 50.6 Å². The number of hydrogen-bond acceptors (Lipinski definition) is 6. The number of carbonyl (C=O) groups is 2. The minimum absolute atomic E-state index is 0.0822. The van der Waals surface area contributed by atoms with Crippen LogP contribution in [0.2, 0.25) is 0 Å². The molecule has 1 aromatic heterocycles. The molecule has 0 spiro atoms. The van der Waals surface area contributed by atoms with Crippen molar-refractivity contribution in [1.82, 2.24) is 20.3 Å². The third-order valence-electron chi connectivity index (χ3n) is 7.68. The molecule has 0 aromatic carbocycles. The molecule has 1 saturated heterocycles. The SMILES string of the molecule is CC[C@H]1[C@H](C)CCC2[C@@H](C)[C@@H](CC(=O)NCc3cnn(CCCCCCO)n3)OC21C=O. The zero-order valence-corrected chi connectivity index (χ0v) is 19.8. The second-order valence-electron chi connectivity index (χ2n) is 9.71. The van der Waals surface area contributed by atoms with Crippen LogP contribution in [0.3, 0.4) is 0 Å². The van der Waals surface area contributed by atoms with E-state index >= 15 is 0 Å². The largest absolute Gasteiger partial charge is 0.396 e. The van der Waals surface area contributed by atoms with Gasteiger partial charge in [-0.1, -0.05) is 33.6 Å². The highest BCUT2D eigenvalue weighted by molar-refractivity contribution is 5.76. The van der Waals surface area contributed by atoms with Crippen LogP contribution in [0.5, 0.6) is 0 Å². The molecule has 8 nitrogen and oxygen atoms in total. The molecule has 8 heteroatoms. The molecule has 1 saturated carbocycles. The summed E-state index contributed by atoms with van der Waals surface area (Å²) in [5.41, 5.74) is -0.0107. The number of fused-ring (bicyclic) bond motifs is 1. The molecule has 2 heterocycles. The van der Waals surface area contributed by atoms with E-state index in [0.29, 0.717) is 12.5 Å². The first-order valence-electron chi connectivity index (χ1n) is 12.4. The van der Waals surface area contributed by atoms with Crippen LogP contribution in [0.15, 0.2) is 6.20 Å². The van der Waals surface area contributed by atoms with Crippen molar-refractivity contribution in [3.05, 3.63) is 11.9 Å². The fourth-order valence-corrected chi connectivity index (χ4v) is 5.90. The lowest BCUT2D eigenvalue weighted by molar-refractivity contribution is -0.156. The maximum Gasteiger partial charge on any atom is 0.222 e. The van der Waals surface area contributed by atoms with Gasteiger partial charge in [0.15, 0.2) is 6.29 Å². The predicted molar refractivity (Wildman–Crippen MR) is 121 cm³/mol. The molecule has 2 fully saturated rings. The Bertz CT molecular complexity index is 754. The minimum atomic E-state index is -0.739. The summed E-state index contributed by atoms with van der Waals surface area (Å²) in [4.78, 5) is 26.6. The molecule has 1 aliphatic carbocycles. The van der Waals surface area contributed by atoms with E-state index in [4.69, 9.17) is 9.84 Å². The number of rotatable bonds is 12. The van der Waals surface area contributed by atoms with Gasteiger partial charge in [0.25, 0.3) is 0 Å². The summed E-state index contributed by atoms with van der Waals surface area (Å²) in [6.07, 6.45) is 9.61. The number of nitrogens with one attached hydrogen (secondary N) is 1. The van der Waals surface area contributed by atoms with E-state index < -0.39 is 5.60 Å². The lowest BCUT2D eigenvalue weighted by Crippen LogP contribution is -2.51. The van der Waals surface area contributed by atoms with Gasteiger partial charge in [0.2, 0.25) is 5.91 Å². The second kappa shape index (κ2) is 11.4. The van der Waals surface area contributed by atoms with Crippen molar-refractivity contribution < 1.29 is 19.4 Å². The standard InChI is InChI=1S/C24H40N4O4/c1-4-20-17(2)9-10-21-18(3)22(32-24(20,21)16-30)13-23(31)25-14-19-15-26-28(27-19)11-7-5-6-8-12-29/h15-18,20-22,29H,4-14H2,1-3H3,(H,25,31)/t17-,18-,20+,21?,22-,24?/m1/s1. The Hall–Kier alpha value is -1.80. The summed E-state index contributed by atoms with van der Waals surface area (Å²) in [6, 6.07) is 0. The maximum atomic E-state index is 12.7. The number of ether oxygens (including phenoxy) is 1. The third-order valence-corrected chi connectivity index (χ3v) is 7.68. The molecule has 0 bridgehead atoms. The summed E-state index contributed by atoms with van der Waals surface area (Å²) in [5, 5.41) is 20.4. The van der Waals surface area contributed by atoms with Crippen LogP contribution in [-0.2, 0) is 27.4 Å². The topological polar surface area (TPSA) is 106 Å². The van der Waals surface area contributed by atoms with Crippen molar-refractivity contribution in [2.75, 3.05) is 6.61 Å². The minimum Gasteiger partial charge on any atom is -0.396 e. The first-order chi connectivity index (χ1) is 15.4. The molecule has 32 heavy (non-hydrogen) atoms. The first kappa shape index (κ1) is 24.8. The highest BCUT2D eigenvalue weighted by Gasteiger charge is 2.59. The lowest BCUT2D eigenvalue weighted by Gasteiger charge is -2.45. The van der Waals surface area contributed by atoms with Crippen LogP contribution < -0.4 is 5.32 Å². The lowest BCUT2D eigenvalue weighted by atomic mass is 9.61. The Balaban J connectivity index is 1.49. The third kappa shape index (κ3) is 5.39. The summed E-state index contributed by atoms with van der Waals surface area (Å²) >= 11 is 0. The van der Waals surface area contributed by atoms with Gasteiger partial charge in [-0.2, -0.15) is 15.0 Å². The summed E-state index contributed by atoms with van der Waals surface area (Å²) in [6.45, 7) is 7.78. The summed E-state index contributed by atoms with van der Waals surface area (Å²) in [7, 11) is 0. The van der Waals surface area contributed by atoms with Gasteiger partial charge >= 0.3 is 0 Å². The van der Waals surface area contributed by atoms with Crippen LogP contribution in [0, 0.1) is 23.7 Å². The summed E-state index contributed by atoms with van der Waals surface area (Å²) in [5.74, 6) is 0.961. The Morgan fingerprint density at radius 3 is 2.81 bits per heavy atom. The van der Waals surface area contributed by atoms with Crippen molar-refractivity contribution in [2.45, 2.75) is 96.9 Å². The molecule has 1 aromatic rings. The number of aliphatic hydroxyl groups is 1. The van der Waals surface area contributed by atoms with Crippen molar-refractivity contribution >= 4 is 12.2 Å². The number of aldehydes is 1. The van der Waals surface area contributed by atoms with Crippen LogP contribution >= 0.6 is 0 Å². The van der Waals surface area contributed by atoms with E-state index in [0.717, 1.165) is 63.5 Å². The van der Waals surface area contributed by atoms with E-state index in [1.807, 2.05) is 0 Å². The number of aromatic nitrogens is 3. The van der Waals surface area contributed by atoms with Crippen LogP contribution in [0.25, 0.3) is 0 Å². The quantitative estimate of drug-likeness (QED) is 0.376. The van der Waals surface area contributed by atoms with Crippen LogP contribution in [0.1, 0.15) is 77.8 Å². The average molecular weight is 449 g/mol.